The maximum Gasteiger partial charge on any atom is 0.163 e. The molecule has 4 heteroatoms. The highest BCUT2D eigenvalue weighted by Gasteiger charge is 2.12. The first-order chi connectivity index (χ1) is 6.61. The number of carbonyl (C=O) groups is 1. The SMILES string of the molecule is CC(=O)c1cnn2c(C)ccc(Br)c12. The highest BCUT2D eigenvalue weighted by molar-refractivity contribution is 9.10. The Hall–Kier alpha value is -1.16. The van der Waals surface area contributed by atoms with Crippen molar-refractivity contribution in [3.8, 4) is 0 Å². The van der Waals surface area contributed by atoms with E-state index in [-0.39, 0.29) is 5.78 Å². The van der Waals surface area contributed by atoms with Crippen molar-refractivity contribution >= 4 is 27.2 Å². The summed E-state index contributed by atoms with van der Waals surface area (Å²) in [5.74, 6) is 0.0336. The normalized spacial score (nSPS) is 10.8. The third-order valence-electron chi connectivity index (χ3n) is 2.18. The molecule has 0 aliphatic heterocycles. The summed E-state index contributed by atoms with van der Waals surface area (Å²) < 4.78 is 2.66. The zero-order valence-electron chi connectivity index (χ0n) is 7.91. The van der Waals surface area contributed by atoms with Crippen molar-refractivity contribution in [2.75, 3.05) is 0 Å². The zero-order valence-corrected chi connectivity index (χ0v) is 9.50. The molecular weight excluding hydrogens is 244 g/mol. The number of carbonyl (C=O) groups excluding carboxylic acids is 1. The van der Waals surface area contributed by atoms with E-state index >= 15 is 0 Å². The van der Waals surface area contributed by atoms with Crippen molar-refractivity contribution < 1.29 is 4.79 Å². The van der Waals surface area contributed by atoms with Gasteiger partial charge in [0.15, 0.2) is 5.78 Å². The van der Waals surface area contributed by atoms with Crippen molar-refractivity contribution in [1.29, 1.82) is 0 Å². The van der Waals surface area contributed by atoms with E-state index in [0.717, 1.165) is 15.7 Å². The molecule has 0 aliphatic rings. The molecule has 0 saturated carbocycles. The van der Waals surface area contributed by atoms with Gasteiger partial charge in [-0.25, -0.2) is 4.52 Å². The lowest BCUT2D eigenvalue weighted by Crippen LogP contribution is -1.95. The number of pyridine rings is 1. The Morgan fingerprint density at radius 1 is 1.50 bits per heavy atom. The Morgan fingerprint density at radius 3 is 2.86 bits per heavy atom. The van der Waals surface area contributed by atoms with Crippen LogP contribution in [0.25, 0.3) is 5.52 Å². The molecule has 0 bridgehead atoms. The molecule has 0 fully saturated rings. The first kappa shape index (κ1) is 9.40. The van der Waals surface area contributed by atoms with Gasteiger partial charge in [0.25, 0.3) is 0 Å². The van der Waals surface area contributed by atoms with E-state index in [1.165, 1.54) is 0 Å². The fourth-order valence-corrected chi connectivity index (χ4v) is 1.96. The van der Waals surface area contributed by atoms with E-state index in [0.29, 0.717) is 5.56 Å². The molecule has 2 rings (SSSR count). The Bertz CT molecular complexity index is 516. The summed E-state index contributed by atoms with van der Waals surface area (Å²) in [7, 11) is 0. The molecule has 2 heterocycles. The van der Waals surface area contributed by atoms with Crippen molar-refractivity contribution in [1.82, 2.24) is 9.61 Å². The number of ketones is 1. The average molecular weight is 253 g/mol. The molecule has 2 aromatic heterocycles. The van der Waals surface area contributed by atoms with E-state index < -0.39 is 0 Å². The van der Waals surface area contributed by atoms with Gasteiger partial charge >= 0.3 is 0 Å². The molecule has 0 aromatic carbocycles. The van der Waals surface area contributed by atoms with Crippen molar-refractivity contribution in [2.24, 2.45) is 0 Å². The van der Waals surface area contributed by atoms with Crippen LogP contribution in [0.15, 0.2) is 22.8 Å². The first-order valence-corrected chi connectivity index (χ1v) is 5.04. The van der Waals surface area contributed by atoms with Gasteiger partial charge in [-0.1, -0.05) is 0 Å². The number of aromatic nitrogens is 2. The monoisotopic (exact) mass is 252 g/mol. The first-order valence-electron chi connectivity index (χ1n) is 4.25. The number of aryl methyl sites for hydroxylation is 1. The number of fused-ring (bicyclic) bond motifs is 1. The topological polar surface area (TPSA) is 34.4 Å². The molecule has 14 heavy (non-hydrogen) atoms. The molecule has 0 N–H and O–H groups in total. The number of hydrogen-bond acceptors (Lipinski definition) is 2. The van der Waals surface area contributed by atoms with Gasteiger partial charge in [0.2, 0.25) is 0 Å². The van der Waals surface area contributed by atoms with Gasteiger partial charge in [-0.2, -0.15) is 5.10 Å². The highest BCUT2D eigenvalue weighted by atomic mass is 79.9. The zero-order chi connectivity index (χ0) is 10.3. The fourth-order valence-electron chi connectivity index (χ4n) is 1.45. The minimum absolute atomic E-state index is 0.0336. The standard InChI is InChI=1S/C10H9BrN2O/c1-6-3-4-9(11)10-8(7(2)14)5-12-13(6)10/h3-5H,1-2H3. The number of rotatable bonds is 1. The molecule has 0 atom stereocenters. The molecule has 0 unspecified atom stereocenters. The minimum atomic E-state index is 0.0336. The smallest absolute Gasteiger partial charge is 0.163 e. The lowest BCUT2D eigenvalue weighted by molar-refractivity contribution is 0.101. The van der Waals surface area contributed by atoms with E-state index in [4.69, 9.17) is 0 Å². The average Bonchev–Trinajstić information content (AvgIpc) is 2.56. The van der Waals surface area contributed by atoms with Crippen LogP contribution in [0.4, 0.5) is 0 Å². The maximum absolute atomic E-state index is 11.3. The van der Waals surface area contributed by atoms with Crippen LogP contribution in [0, 0.1) is 6.92 Å². The van der Waals surface area contributed by atoms with Crippen LogP contribution in [-0.2, 0) is 0 Å². The predicted molar refractivity (Wildman–Crippen MR) is 57.6 cm³/mol. The quantitative estimate of drug-likeness (QED) is 0.732. The number of halogens is 1. The van der Waals surface area contributed by atoms with Gasteiger partial charge in [0, 0.05) is 10.2 Å². The number of Topliss-reactive ketones (excluding diaryl/α,β-unsaturated/α-hetero) is 1. The summed E-state index contributed by atoms with van der Waals surface area (Å²) in [6, 6.07) is 3.88. The number of nitrogens with zero attached hydrogens (tertiary/aromatic N) is 2. The second kappa shape index (κ2) is 3.20. The van der Waals surface area contributed by atoms with Gasteiger partial charge in [-0.15, -0.1) is 0 Å². The van der Waals surface area contributed by atoms with E-state index in [1.807, 2.05) is 19.1 Å². The van der Waals surface area contributed by atoms with Crippen LogP contribution in [0.5, 0.6) is 0 Å². The van der Waals surface area contributed by atoms with Crippen LogP contribution >= 0.6 is 15.9 Å². The van der Waals surface area contributed by atoms with Crippen LogP contribution in [-0.4, -0.2) is 15.4 Å². The molecule has 0 radical (unpaired) electrons. The summed E-state index contributed by atoms with van der Waals surface area (Å²) in [6.45, 7) is 3.50. The molecular formula is C10H9BrN2O. The molecule has 0 spiro atoms. The predicted octanol–water partition coefficient (Wildman–Crippen LogP) is 2.61. The van der Waals surface area contributed by atoms with Crippen LogP contribution < -0.4 is 0 Å². The lowest BCUT2D eigenvalue weighted by atomic mass is 10.2. The Morgan fingerprint density at radius 2 is 2.21 bits per heavy atom. The fraction of sp³-hybridized carbons (Fsp3) is 0.200. The van der Waals surface area contributed by atoms with Gasteiger partial charge < -0.3 is 0 Å². The Balaban J connectivity index is 2.90. The van der Waals surface area contributed by atoms with Gasteiger partial charge in [0.05, 0.1) is 17.3 Å². The maximum atomic E-state index is 11.3. The molecule has 0 saturated heterocycles. The van der Waals surface area contributed by atoms with Gasteiger partial charge in [-0.05, 0) is 41.9 Å². The summed E-state index contributed by atoms with van der Waals surface area (Å²) in [6.07, 6.45) is 1.61. The van der Waals surface area contributed by atoms with Crippen LogP contribution in [0.3, 0.4) is 0 Å². The van der Waals surface area contributed by atoms with Crippen LogP contribution in [0.1, 0.15) is 23.0 Å². The lowest BCUT2D eigenvalue weighted by Gasteiger charge is -2.01. The highest BCUT2D eigenvalue weighted by Crippen LogP contribution is 2.23. The van der Waals surface area contributed by atoms with E-state index in [2.05, 4.69) is 21.0 Å². The Labute approximate surface area is 89.9 Å². The Kier molecular flexibility index (Phi) is 2.15. The van der Waals surface area contributed by atoms with Crippen molar-refractivity contribution in [2.45, 2.75) is 13.8 Å². The van der Waals surface area contributed by atoms with Crippen LogP contribution in [0.2, 0.25) is 0 Å². The largest absolute Gasteiger partial charge is 0.294 e. The molecule has 0 amide bonds. The third kappa shape index (κ3) is 1.26. The van der Waals surface area contributed by atoms with Crippen molar-refractivity contribution in [3.63, 3.8) is 0 Å². The molecule has 0 aliphatic carbocycles. The summed E-state index contributed by atoms with van der Waals surface area (Å²) >= 11 is 3.42. The summed E-state index contributed by atoms with van der Waals surface area (Å²) in [5, 5.41) is 4.17. The van der Waals surface area contributed by atoms with Gasteiger partial charge in [-0.3, -0.25) is 4.79 Å². The van der Waals surface area contributed by atoms with Crippen molar-refractivity contribution in [3.05, 3.63) is 34.1 Å². The van der Waals surface area contributed by atoms with E-state index in [1.54, 1.807) is 17.6 Å². The number of hydrogen-bond donors (Lipinski definition) is 0. The van der Waals surface area contributed by atoms with Gasteiger partial charge in [0.1, 0.15) is 0 Å². The minimum Gasteiger partial charge on any atom is -0.294 e. The third-order valence-corrected chi connectivity index (χ3v) is 2.82. The molecule has 72 valence electrons. The molecule has 2 aromatic rings. The second-order valence-electron chi connectivity index (χ2n) is 3.20. The second-order valence-corrected chi connectivity index (χ2v) is 4.05. The summed E-state index contributed by atoms with van der Waals surface area (Å²) in [5.41, 5.74) is 2.51. The summed E-state index contributed by atoms with van der Waals surface area (Å²) in [4.78, 5) is 11.3. The van der Waals surface area contributed by atoms with E-state index in [9.17, 15) is 4.79 Å². The molecule has 3 nitrogen and oxygen atoms in total.